The monoisotopic (exact) mass is 501 g/mol. The largest absolute Gasteiger partial charge is 0.205 e. The molecule has 1 heteroatoms. The van der Waals surface area contributed by atoms with Crippen molar-refractivity contribution in [2.24, 2.45) is 0 Å². The summed E-state index contributed by atoms with van der Waals surface area (Å²) in [4.78, 5) is 0. The van der Waals surface area contributed by atoms with Gasteiger partial charge in [0.1, 0.15) is 6.54 Å². The van der Waals surface area contributed by atoms with Gasteiger partial charge in [0.05, 0.1) is 0 Å². The molecule has 36 heavy (non-hydrogen) atoms. The van der Waals surface area contributed by atoms with Crippen LogP contribution >= 0.6 is 0 Å². The third kappa shape index (κ3) is 20.2. The molecule has 1 aromatic rings. The van der Waals surface area contributed by atoms with Gasteiger partial charge in [-0.25, -0.2) is 4.57 Å². The van der Waals surface area contributed by atoms with Crippen molar-refractivity contribution in [3.8, 4) is 0 Å². The van der Waals surface area contributed by atoms with Gasteiger partial charge in [0, 0.05) is 17.5 Å². The zero-order valence-corrected chi connectivity index (χ0v) is 25.3. The Hall–Kier alpha value is -0.850. The summed E-state index contributed by atoms with van der Waals surface area (Å²) in [5.74, 6) is 0. The van der Waals surface area contributed by atoms with Gasteiger partial charge < -0.3 is 0 Å². The van der Waals surface area contributed by atoms with Gasteiger partial charge in [-0.3, -0.25) is 0 Å². The molecule has 0 fully saturated rings. The highest BCUT2D eigenvalue weighted by Gasteiger charge is 2.08. The third-order valence-electron chi connectivity index (χ3n) is 7.94. The van der Waals surface area contributed by atoms with Crippen molar-refractivity contribution in [1.29, 1.82) is 0 Å². The molecule has 0 atom stereocenters. The molecular weight excluding hydrogens is 434 g/mol. The van der Waals surface area contributed by atoms with Crippen LogP contribution in [0.2, 0.25) is 0 Å². The Morgan fingerprint density at radius 3 is 1.06 bits per heavy atom. The number of rotatable bonds is 27. The fourth-order valence-corrected chi connectivity index (χ4v) is 5.53. The Kier molecular flexibility index (Phi) is 23.8. The van der Waals surface area contributed by atoms with Gasteiger partial charge in [0.15, 0.2) is 12.4 Å². The number of hydrogen-bond donors (Lipinski definition) is 0. The van der Waals surface area contributed by atoms with Crippen LogP contribution in [-0.4, -0.2) is 0 Å². The maximum absolute atomic E-state index is 2.54. The van der Waals surface area contributed by atoms with E-state index in [1.165, 1.54) is 173 Å². The van der Waals surface area contributed by atoms with Crippen LogP contribution in [0.25, 0.3) is 0 Å². The number of hydrogen-bond acceptors (Lipinski definition) is 0. The second-order valence-corrected chi connectivity index (χ2v) is 11.7. The zero-order chi connectivity index (χ0) is 25.9. The maximum atomic E-state index is 2.54. The normalized spacial score (nSPS) is 11.4. The summed E-state index contributed by atoms with van der Waals surface area (Å²) in [7, 11) is 0. The van der Waals surface area contributed by atoms with Crippen molar-refractivity contribution in [3.05, 3.63) is 29.6 Å². The Balaban J connectivity index is 2.14. The second-order valence-electron chi connectivity index (χ2n) is 11.7. The van der Waals surface area contributed by atoms with Crippen molar-refractivity contribution in [2.45, 2.75) is 194 Å². The SMILES string of the molecule is CCCCCCCCCCCCCCCCCC[n+]1cc(CCCCCC)cc(CCCCCC)c1. The highest BCUT2D eigenvalue weighted by Crippen LogP contribution is 2.15. The first-order valence-corrected chi connectivity index (χ1v) is 16.8. The molecule has 0 aliphatic heterocycles. The van der Waals surface area contributed by atoms with E-state index in [0.29, 0.717) is 0 Å². The standard InChI is InChI=1S/C35H66N/c1-4-7-10-13-14-15-16-17-18-19-20-21-22-23-24-27-30-36-32-34(28-25-11-8-5-2)31-35(33-36)29-26-12-9-6-3/h31-33H,4-30H2,1-3H3/q+1. The van der Waals surface area contributed by atoms with Crippen molar-refractivity contribution in [2.75, 3.05) is 0 Å². The van der Waals surface area contributed by atoms with Crippen LogP contribution in [0.3, 0.4) is 0 Å². The summed E-state index contributed by atoms with van der Waals surface area (Å²) in [5, 5.41) is 0. The minimum absolute atomic E-state index is 1.21. The molecule has 0 N–H and O–H groups in total. The van der Waals surface area contributed by atoms with Crippen molar-refractivity contribution < 1.29 is 4.57 Å². The van der Waals surface area contributed by atoms with Crippen LogP contribution in [0.4, 0.5) is 0 Å². The quantitative estimate of drug-likeness (QED) is 0.0835. The molecule has 0 aliphatic carbocycles. The van der Waals surface area contributed by atoms with E-state index >= 15 is 0 Å². The van der Waals surface area contributed by atoms with E-state index in [1.54, 1.807) is 11.1 Å². The molecule has 0 unspecified atom stereocenters. The summed E-state index contributed by atoms with van der Waals surface area (Å²) in [6.07, 6.45) is 41.5. The first kappa shape index (κ1) is 33.2. The van der Waals surface area contributed by atoms with E-state index < -0.39 is 0 Å². The van der Waals surface area contributed by atoms with Crippen LogP contribution < -0.4 is 4.57 Å². The van der Waals surface area contributed by atoms with Crippen LogP contribution in [0, 0.1) is 0 Å². The van der Waals surface area contributed by atoms with Gasteiger partial charge >= 0.3 is 0 Å². The van der Waals surface area contributed by atoms with Gasteiger partial charge in [-0.05, 0) is 38.2 Å². The van der Waals surface area contributed by atoms with Gasteiger partial charge in [-0.15, -0.1) is 0 Å². The van der Waals surface area contributed by atoms with Gasteiger partial charge in [0.2, 0.25) is 0 Å². The Morgan fingerprint density at radius 2 is 0.694 bits per heavy atom. The number of aromatic nitrogens is 1. The smallest absolute Gasteiger partial charge is 0.171 e. The lowest BCUT2D eigenvalue weighted by Gasteiger charge is -2.07. The summed E-state index contributed by atoms with van der Waals surface area (Å²) >= 11 is 0. The van der Waals surface area contributed by atoms with Crippen molar-refractivity contribution in [1.82, 2.24) is 0 Å². The van der Waals surface area contributed by atoms with Crippen LogP contribution in [0.1, 0.15) is 186 Å². The average Bonchev–Trinajstić information content (AvgIpc) is 2.89. The molecule has 0 spiro atoms. The fraction of sp³-hybridized carbons (Fsp3) is 0.857. The molecule has 1 rings (SSSR count). The number of unbranched alkanes of at least 4 members (excludes halogenated alkanes) is 21. The molecule has 1 aromatic heterocycles. The Morgan fingerprint density at radius 1 is 0.389 bits per heavy atom. The molecule has 0 radical (unpaired) electrons. The lowest BCUT2D eigenvalue weighted by Crippen LogP contribution is -2.34. The molecule has 0 aromatic carbocycles. The Labute approximate surface area is 228 Å². The van der Waals surface area contributed by atoms with E-state index in [1.807, 2.05) is 0 Å². The van der Waals surface area contributed by atoms with Gasteiger partial charge in [-0.1, -0.05) is 149 Å². The summed E-state index contributed by atoms with van der Waals surface area (Å²) < 4.78 is 2.54. The van der Waals surface area contributed by atoms with E-state index in [4.69, 9.17) is 0 Å². The first-order chi connectivity index (χ1) is 17.8. The number of nitrogens with zero attached hydrogens (tertiary/aromatic N) is 1. The molecular formula is C35H66N+. The number of aryl methyl sites for hydroxylation is 3. The highest BCUT2D eigenvalue weighted by atomic mass is 14.9. The summed E-state index contributed by atoms with van der Waals surface area (Å²) in [6.45, 7) is 8.13. The molecule has 0 bridgehead atoms. The van der Waals surface area contributed by atoms with Crippen molar-refractivity contribution >= 4 is 0 Å². The molecule has 0 saturated heterocycles. The predicted molar refractivity (Wildman–Crippen MR) is 162 cm³/mol. The van der Waals surface area contributed by atoms with E-state index in [-0.39, 0.29) is 0 Å². The lowest BCUT2D eigenvalue weighted by atomic mass is 10.0. The molecule has 0 amide bonds. The molecule has 1 nitrogen and oxygen atoms in total. The topological polar surface area (TPSA) is 3.88 Å². The van der Waals surface area contributed by atoms with Gasteiger partial charge in [-0.2, -0.15) is 0 Å². The minimum atomic E-state index is 1.21. The summed E-state index contributed by atoms with van der Waals surface area (Å²) in [5.41, 5.74) is 3.16. The maximum Gasteiger partial charge on any atom is 0.171 e. The Bertz CT molecular complexity index is 548. The summed E-state index contributed by atoms with van der Waals surface area (Å²) in [6, 6.07) is 2.52. The first-order valence-electron chi connectivity index (χ1n) is 16.8. The lowest BCUT2D eigenvalue weighted by molar-refractivity contribution is -0.698. The molecule has 0 aliphatic rings. The number of pyridine rings is 1. The van der Waals surface area contributed by atoms with Crippen LogP contribution in [0.15, 0.2) is 18.5 Å². The minimum Gasteiger partial charge on any atom is -0.205 e. The average molecular weight is 501 g/mol. The van der Waals surface area contributed by atoms with E-state index in [2.05, 4.69) is 43.8 Å². The van der Waals surface area contributed by atoms with Crippen LogP contribution in [0.5, 0.6) is 0 Å². The zero-order valence-electron chi connectivity index (χ0n) is 25.3. The van der Waals surface area contributed by atoms with E-state index in [0.717, 1.165) is 0 Å². The van der Waals surface area contributed by atoms with E-state index in [9.17, 15) is 0 Å². The molecule has 0 saturated carbocycles. The van der Waals surface area contributed by atoms with Crippen molar-refractivity contribution in [3.63, 3.8) is 0 Å². The van der Waals surface area contributed by atoms with Crippen LogP contribution in [-0.2, 0) is 19.4 Å². The highest BCUT2D eigenvalue weighted by molar-refractivity contribution is 5.15. The molecule has 210 valence electrons. The third-order valence-corrected chi connectivity index (χ3v) is 7.94. The fourth-order valence-electron chi connectivity index (χ4n) is 5.53. The molecule has 1 heterocycles. The predicted octanol–water partition coefficient (Wildman–Crippen LogP) is 11.5. The second kappa shape index (κ2) is 25.8. The van der Waals surface area contributed by atoms with Gasteiger partial charge in [0.25, 0.3) is 0 Å².